The van der Waals surface area contributed by atoms with E-state index >= 15 is 0 Å². The molecule has 0 fully saturated rings. The van der Waals surface area contributed by atoms with E-state index in [1.54, 1.807) is 0 Å². The molecule has 0 atom stereocenters. The number of rotatable bonds is 9. The van der Waals surface area contributed by atoms with Crippen molar-refractivity contribution in [2.75, 3.05) is 26.2 Å². The molecule has 1 aromatic rings. The number of nitro groups is 1. The summed E-state index contributed by atoms with van der Waals surface area (Å²) in [5, 5.41) is 17.0. The Morgan fingerprint density at radius 2 is 2.04 bits per heavy atom. The lowest BCUT2D eigenvalue weighted by molar-refractivity contribution is -0.386. The minimum absolute atomic E-state index is 0.0656. The van der Waals surface area contributed by atoms with Crippen molar-refractivity contribution in [2.24, 2.45) is 0 Å². The SMILES string of the molecule is CCN(CC)CCNC(=O)Cn1nc(C(F)F)c([N+](=O)[O-])c1C. The van der Waals surface area contributed by atoms with Crippen LogP contribution < -0.4 is 5.32 Å². The van der Waals surface area contributed by atoms with Gasteiger partial charge in [0.25, 0.3) is 6.43 Å². The van der Waals surface area contributed by atoms with Crippen molar-refractivity contribution >= 4 is 11.6 Å². The summed E-state index contributed by atoms with van der Waals surface area (Å²) in [6.45, 7) is 7.75. The minimum Gasteiger partial charge on any atom is -0.353 e. The Balaban J connectivity index is 2.72. The first-order valence-corrected chi connectivity index (χ1v) is 7.30. The van der Waals surface area contributed by atoms with E-state index in [2.05, 4.69) is 15.3 Å². The molecule has 0 aliphatic carbocycles. The summed E-state index contributed by atoms with van der Waals surface area (Å²) >= 11 is 0. The smallest absolute Gasteiger partial charge is 0.319 e. The monoisotopic (exact) mass is 333 g/mol. The molecule has 130 valence electrons. The van der Waals surface area contributed by atoms with Crippen molar-refractivity contribution in [3.05, 3.63) is 21.5 Å². The molecule has 23 heavy (non-hydrogen) atoms. The Kier molecular flexibility index (Phi) is 7.01. The molecule has 0 spiro atoms. The lowest BCUT2D eigenvalue weighted by Gasteiger charge is -2.17. The molecule has 1 heterocycles. The number of carbonyl (C=O) groups excluding carboxylic acids is 1. The molecule has 0 aliphatic heterocycles. The van der Waals surface area contributed by atoms with Gasteiger partial charge in [-0.05, 0) is 20.0 Å². The van der Waals surface area contributed by atoms with Gasteiger partial charge < -0.3 is 10.2 Å². The van der Waals surface area contributed by atoms with Gasteiger partial charge in [0.1, 0.15) is 12.2 Å². The highest BCUT2D eigenvalue weighted by Gasteiger charge is 2.31. The molecule has 1 rings (SSSR count). The molecule has 0 unspecified atom stereocenters. The van der Waals surface area contributed by atoms with Crippen molar-refractivity contribution in [1.29, 1.82) is 0 Å². The second-order valence-electron chi connectivity index (χ2n) is 4.91. The number of likely N-dealkylation sites (N-methyl/N-ethyl adjacent to an activating group) is 1. The molecule has 1 aromatic heterocycles. The summed E-state index contributed by atoms with van der Waals surface area (Å²) in [5.41, 5.74) is -1.72. The van der Waals surface area contributed by atoms with E-state index < -0.39 is 28.6 Å². The summed E-state index contributed by atoms with van der Waals surface area (Å²) in [6.07, 6.45) is -3.07. The van der Waals surface area contributed by atoms with Crippen molar-refractivity contribution in [1.82, 2.24) is 20.0 Å². The highest BCUT2D eigenvalue weighted by atomic mass is 19.3. The zero-order valence-corrected chi connectivity index (χ0v) is 13.4. The van der Waals surface area contributed by atoms with Gasteiger partial charge in [0.05, 0.1) is 4.92 Å². The Hall–Kier alpha value is -2.10. The predicted molar refractivity (Wildman–Crippen MR) is 79.4 cm³/mol. The zero-order valence-electron chi connectivity index (χ0n) is 13.4. The van der Waals surface area contributed by atoms with Gasteiger partial charge in [0, 0.05) is 13.1 Å². The molecule has 0 aromatic carbocycles. The quantitative estimate of drug-likeness (QED) is 0.546. The average molecular weight is 333 g/mol. The number of nitrogens with zero attached hydrogens (tertiary/aromatic N) is 4. The topological polar surface area (TPSA) is 93.3 Å². The predicted octanol–water partition coefficient (Wildman–Crippen LogP) is 1.50. The molecule has 10 heteroatoms. The van der Waals surface area contributed by atoms with Crippen LogP contribution in [0.15, 0.2) is 0 Å². The molecule has 8 nitrogen and oxygen atoms in total. The second kappa shape index (κ2) is 8.51. The zero-order chi connectivity index (χ0) is 17.6. The normalized spacial score (nSPS) is 11.3. The highest BCUT2D eigenvalue weighted by molar-refractivity contribution is 5.75. The van der Waals surface area contributed by atoms with E-state index in [0.717, 1.165) is 17.8 Å². The summed E-state index contributed by atoms with van der Waals surface area (Å²) in [6, 6.07) is 0. The van der Waals surface area contributed by atoms with Crippen molar-refractivity contribution in [3.63, 3.8) is 0 Å². The fraction of sp³-hybridized carbons (Fsp3) is 0.692. The molecule has 0 bridgehead atoms. The largest absolute Gasteiger partial charge is 0.353 e. The molecule has 0 saturated carbocycles. The van der Waals surface area contributed by atoms with E-state index in [1.807, 2.05) is 13.8 Å². The number of carbonyl (C=O) groups is 1. The van der Waals surface area contributed by atoms with E-state index in [-0.39, 0.29) is 12.2 Å². The third kappa shape index (κ3) is 4.95. The van der Waals surface area contributed by atoms with Gasteiger partial charge in [-0.15, -0.1) is 0 Å². The second-order valence-corrected chi connectivity index (χ2v) is 4.91. The van der Waals surface area contributed by atoms with Crippen LogP contribution >= 0.6 is 0 Å². The summed E-state index contributed by atoms with van der Waals surface area (Å²) in [7, 11) is 0. The van der Waals surface area contributed by atoms with Crippen molar-refractivity contribution in [3.8, 4) is 0 Å². The molecule has 1 amide bonds. The Labute approximate surface area is 132 Å². The standard InChI is InChI=1S/C13H21F2N5O3/c1-4-18(5-2)7-6-16-10(21)8-19-9(3)12(20(22)23)11(17-19)13(14)15/h13H,4-8H2,1-3H3,(H,16,21). The maximum absolute atomic E-state index is 12.8. The Morgan fingerprint density at radius 3 is 2.48 bits per heavy atom. The molecule has 1 N–H and O–H groups in total. The van der Waals surface area contributed by atoms with Crippen molar-refractivity contribution < 1.29 is 18.5 Å². The first kappa shape index (κ1) is 18.9. The van der Waals surface area contributed by atoms with Crippen LogP contribution in [-0.2, 0) is 11.3 Å². The fourth-order valence-electron chi connectivity index (χ4n) is 2.17. The molecular formula is C13H21F2N5O3. The Bertz CT molecular complexity index is 558. The summed E-state index contributed by atoms with van der Waals surface area (Å²) in [5.74, 6) is -0.432. The van der Waals surface area contributed by atoms with E-state index in [1.165, 1.54) is 6.92 Å². The van der Waals surface area contributed by atoms with Crippen LogP contribution in [0, 0.1) is 17.0 Å². The lowest BCUT2D eigenvalue weighted by atomic mass is 10.3. The van der Waals surface area contributed by atoms with Crippen LogP contribution in [0.3, 0.4) is 0 Å². The third-order valence-electron chi connectivity index (χ3n) is 3.53. The van der Waals surface area contributed by atoms with Crippen LogP contribution in [0.25, 0.3) is 0 Å². The maximum atomic E-state index is 12.8. The summed E-state index contributed by atoms with van der Waals surface area (Å²) in [4.78, 5) is 23.9. The first-order valence-electron chi connectivity index (χ1n) is 7.30. The summed E-state index contributed by atoms with van der Waals surface area (Å²) < 4.78 is 26.5. The number of alkyl halides is 2. The number of nitrogens with one attached hydrogen (secondary N) is 1. The highest BCUT2D eigenvalue weighted by Crippen LogP contribution is 2.30. The van der Waals surface area contributed by atoms with Crippen LogP contribution in [0.1, 0.15) is 31.7 Å². The fourth-order valence-corrected chi connectivity index (χ4v) is 2.17. The van der Waals surface area contributed by atoms with Crippen LogP contribution in [0.2, 0.25) is 0 Å². The van der Waals surface area contributed by atoms with E-state index in [0.29, 0.717) is 13.1 Å². The van der Waals surface area contributed by atoms with Gasteiger partial charge in [-0.2, -0.15) is 5.10 Å². The molecular weight excluding hydrogens is 312 g/mol. The van der Waals surface area contributed by atoms with E-state index in [4.69, 9.17) is 0 Å². The van der Waals surface area contributed by atoms with Gasteiger partial charge in [0.2, 0.25) is 11.6 Å². The first-order chi connectivity index (χ1) is 10.8. The van der Waals surface area contributed by atoms with Gasteiger partial charge in [-0.1, -0.05) is 13.8 Å². The third-order valence-corrected chi connectivity index (χ3v) is 3.53. The Morgan fingerprint density at radius 1 is 1.43 bits per heavy atom. The number of hydrogen-bond donors (Lipinski definition) is 1. The lowest BCUT2D eigenvalue weighted by Crippen LogP contribution is -2.36. The van der Waals surface area contributed by atoms with Crippen LogP contribution in [0.5, 0.6) is 0 Å². The van der Waals surface area contributed by atoms with E-state index in [9.17, 15) is 23.7 Å². The number of hydrogen-bond acceptors (Lipinski definition) is 5. The molecule has 0 aliphatic rings. The number of halogens is 2. The average Bonchev–Trinajstić information content (AvgIpc) is 2.81. The van der Waals surface area contributed by atoms with Crippen LogP contribution in [-0.4, -0.2) is 51.7 Å². The molecule has 0 saturated heterocycles. The molecule has 0 radical (unpaired) electrons. The van der Waals surface area contributed by atoms with Gasteiger partial charge in [0.15, 0.2) is 0 Å². The van der Waals surface area contributed by atoms with Crippen molar-refractivity contribution in [2.45, 2.75) is 33.7 Å². The van der Waals surface area contributed by atoms with Gasteiger partial charge in [-0.3, -0.25) is 19.6 Å². The number of aromatic nitrogens is 2. The number of amides is 1. The van der Waals surface area contributed by atoms with Crippen LogP contribution in [0.4, 0.5) is 14.5 Å². The maximum Gasteiger partial charge on any atom is 0.319 e. The minimum atomic E-state index is -3.07. The van der Waals surface area contributed by atoms with Gasteiger partial charge in [-0.25, -0.2) is 8.78 Å². The van der Waals surface area contributed by atoms with Gasteiger partial charge >= 0.3 is 5.69 Å².